The Morgan fingerprint density at radius 3 is 2.58 bits per heavy atom. The first-order chi connectivity index (χ1) is 9.02. The molecule has 4 nitrogen and oxygen atoms in total. The Morgan fingerprint density at radius 1 is 1.26 bits per heavy atom. The van der Waals surface area contributed by atoms with Crippen molar-refractivity contribution in [1.29, 1.82) is 0 Å². The molecule has 0 spiro atoms. The smallest absolute Gasteiger partial charge is 0.167 e. The third kappa shape index (κ3) is 2.67. The summed E-state index contributed by atoms with van der Waals surface area (Å²) in [5.41, 5.74) is 1.62. The number of aryl methyl sites for hydroxylation is 2. The molecule has 6 heteroatoms. The molecular weight excluding hydrogens is 254 g/mol. The number of ether oxygens (including phenoxy) is 1. The molecule has 0 saturated carbocycles. The number of aromatic nitrogens is 1. The summed E-state index contributed by atoms with van der Waals surface area (Å²) in [5, 5.41) is 6.61. The van der Waals surface area contributed by atoms with E-state index in [0.29, 0.717) is 12.3 Å². The van der Waals surface area contributed by atoms with Gasteiger partial charge in [0, 0.05) is 24.2 Å². The Balaban J connectivity index is 2.18. The number of hydrogen-bond donors (Lipinski definition) is 1. The van der Waals surface area contributed by atoms with Gasteiger partial charge in [-0.2, -0.15) is 0 Å². The minimum Gasteiger partial charge on any atom is -0.494 e. The summed E-state index contributed by atoms with van der Waals surface area (Å²) in [4.78, 5) is 0. The van der Waals surface area contributed by atoms with E-state index in [-0.39, 0.29) is 11.4 Å². The molecule has 1 aromatic carbocycles. The van der Waals surface area contributed by atoms with E-state index in [1.54, 1.807) is 13.8 Å². The number of nitrogens with zero attached hydrogens (tertiary/aromatic N) is 1. The fraction of sp³-hybridized carbons (Fsp3) is 0.308. The van der Waals surface area contributed by atoms with Gasteiger partial charge in [0.1, 0.15) is 11.6 Å². The predicted octanol–water partition coefficient (Wildman–Crippen LogP) is 3.19. The standard InChI is InChI=1S/C13H14F2N2O2/c1-7-9(8(2)19-17-7)6-16-12-4-11(15)13(18-3)5-10(12)14/h4-5,16H,6H2,1-3H3. The molecule has 19 heavy (non-hydrogen) atoms. The highest BCUT2D eigenvalue weighted by molar-refractivity contribution is 5.49. The van der Waals surface area contributed by atoms with Crippen LogP contribution in [0.5, 0.6) is 5.75 Å². The Kier molecular flexibility index (Phi) is 3.69. The first-order valence-electron chi connectivity index (χ1n) is 5.71. The molecule has 2 aromatic rings. The molecule has 0 bridgehead atoms. The van der Waals surface area contributed by atoms with E-state index >= 15 is 0 Å². The maximum atomic E-state index is 13.7. The Bertz CT molecular complexity index is 577. The second-order valence-electron chi connectivity index (χ2n) is 4.12. The summed E-state index contributed by atoms with van der Waals surface area (Å²) in [6, 6.07) is 2.07. The highest BCUT2D eigenvalue weighted by Gasteiger charge is 2.12. The van der Waals surface area contributed by atoms with E-state index in [0.717, 1.165) is 23.4 Å². The van der Waals surface area contributed by atoms with Crippen LogP contribution in [0.4, 0.5) is 14.5 Å². The number of nitrogens with one attached hydrogen (secondary N) is 1. The normalized spacial score (nSPS) is 10.6. The second-order valence-corrected chi connectivity index (χ2v) is 4.12. The quantitative estimate of drug-likeness (QED) is 0.925. The van der Waals surface area contributed by atoms with Gasteiger partial charge in [0.25, 0.3) is 0 Å². The average Bonchev–Trinajstić information content (AvgIpc) is 2.70. The van der Waals surface area contributed by atoms with Crippen molar-refractivity contribution in [3.05, 3.63) is 40.8 Å². The minimum absolute atomic E-state index is 0.0679. The molecule has 0 atom stereocenters. The number of anilines is 1. The number of halogens is 2. The summed E-state index contributed by atoms with van der Waals surface area (Å²) in [6.07, 6.45) is 0. The van der Waals surface area contributed by atoms with E-state index < -0.39 is 11.6 Å². The van der Waals surface area contributed by atoms with Gasteiger partial charge in [0.15, 0.2) is 11.6 Å². The van der Waals surface area contributed by atoms with Crippen LogP contribution < -0.4 is 10.1 Å². The molecule has 1 N–H and O–H groups in total. The number of hydrogen-bond acceptors (Lipinski definition) is 4. The lowest BCUT2D eigenvalue weighted by Gasteiger charge is -2.09. The SMILES string of the molecule is COc1cc(F)c(NCc2c(C)noc2C)cc1F. The third-order valence-corrected chi connectivity index (χ3v) is 2.88. The van der Waals surface area contributed by atoms with E-state index in [1.165, 1.54) is 7.11 Å². The first kappa shape index (κ1) is 13.3. The molecule has 0 aliphatic heterocycles. The predicted molar refractivity (Wildman–Crippen MR) is 66.2 cm³/mol. The Hall–Kier alpha value is -2.11. The van der Waals surface area contributed by atoms with E-state index in [2.05, 4.69) is 10.5 Å². The van der Waals surface area contributed by atoms with Crippen LogP contribution >= 0.6 is 0 Å². The van der Waals surface area contributed by atoms with Crippen LogP contribution in [0.2, 0.25) is 0 Å². The van der Waals surface area contributed by atoms with Gasteiger partial charge < -0.3 is 14.6 Å². The summed E-state index contributed by atoms with van der Waals surface area (Å²) in [5.74, 6) is -0.671. The monoisotopic (exact) mass is 268 g/mol. The van der Waals surface area contributed by atoms with Crippen LogP contribution in [0.3, 0.4) is 0 Å². The topological polar surface area (TPSA) is 47.3 Å². The molecule has 1 aromatic heterocycles. The van der Waals surface area contributed by atoms with Gasteiger partial charge in [0.2, 0.25) is 0 Å². The molecule has 0 fully saturated rings. The van der Waals surface area contributed by atoms with Crippen molar-refractivity contribution in [3.8, 4) is 5.75 Å². The summed E-state index contributed by atoms with van der Waals surface area (Å²) in [6.45, 7) is 3.87. The van der Waals surface area contributed by atoms with Crippen LogP contribution in [0, 0.1) is 25.5 Å². The van der Waals surface area contributed by atoms with Gasteiger partial charge in [-0.25, -0.2) is 8.78 Å². The zero-order valence-corrected chi connectivity index (χ0v) is 10.9. The zero-order valence-electron chi connectivity index (χ0n) is 10.9. The Morgan fingerprint density at radius 2 is 2.00 bits per heavy atom. The van der Waals surface area contributed by atoms with Crippen molar-refractivity contribution in [2.75, 3.05) is 12.4 Å². The molecule has 1 heterocycles. The summed E-state index contributed by atoms with van der Waals surface area (Å²) >= 11 is 0. The molecule has 102 valence electrons. The average molecular weight is 268 g/mol. The van der Waals surface area contributed by atoms with Crippen molar-refractivity contribution >= 4 is 5.69 Å². The van der Waals surface area contributed by atoms with Crippen molar-refractivity contribution in [2.24, 2.45) is 0 Å². The molecule has 0 radical (unpaired) electrons. The third-order valence-electron chi connectivity index (χ3n) is 2.88. The molecule has 0 saturated heterocycles. The van der Waals surface area contributed by atoms with Gasteiger partial charge in [-0.15, -0.1) is 0 Å². The van der Waals surface area contributed by atoms with Crippen molar-refractivity contribution < 1.29 is 18.0 Å². The summed E-state index contributed by atoms with van der Waals surface area (Å²) < 4.78 is 36.9. The van der Waals surface area contributed by atoms with Gasteiger partial charge in [-0.3, -0.25) is 0 Å². The fourth-order valence-corrected chi connectivity index (χ4v) is 1.76. The van der Waals surface area contributed by atoms with Crippen molar-refractivity contribution in [1.82, 2.24) is 5.16 Å². The molecule has 0 aliphatic rings. The van der Waals surface area contributed by atoms with Crippen LogP contribution in [0.15, 0.2) is 16.7 Å². The van der Waals surface area contributed by atoms with E-state index in [4.69, 9.17) is 9.26 Å². The van der Waals surface area contributed by atoms with Crippen molar-refractivity contribution in [2.45, 2.75) is 20.4 Å². The van der Waals surface area contributed by atoms with Gasteiger partial charge in [-0.05, 0) is 13.8 Å². The lowest BCUT2D eigenvalue weighted by atomic mass is 10.2. The molecule has 0 unspecified atom stereocenters. The summed E-state index contributed by atoms with van der Waals surface area (Å²) in [7, 11) is 1.29. The van der Waals surface area contributed by atoms with Gasteiger partial charge in [0.05, 0.1) is 18.5 Å². The van der Waals surface area contributed by atoms with Crippen LogP contribution in [-0.4, -0.2) is 12.3 Å². The number of benzene rings is 1. The largest absolute Gasteiger partial charge is 0.494 e. The van der Waals surface area contributed by atoms with Crippen molar-refractivity contribution in [3.63, 3.8) is 0 Å². The number of rotatable bonds is 4. The molecule has 2 rings (SSSR count). The highest BCUT2D eigenvalue weighted by atomic mass is 19.1. The lowest BCUT2D eigenvalue weighted by molar-refractivity contribution is 0.383. The fourth-order valence-electron chi connectivity index (χ4n) is 1.76. The van der Waals surface area contributed by atoms with Gasteiger partial charge >= 0.3 is 0 Å². The Labute approximate surface area is 109 Å². The number of methoxy groups -OCH3 is 1. The first-order valence-corrected chi connectivity index (χ1v) is 5.71. The maximum absolute atomic E-state index is 13.7. The second kappa shape index (κ2) is 5.26. The van der Waals surface area contributed by atoms with E-state index in [1.807, 2.05) is 0 Å². The van der Waals surface area contributed by atoms with Gasteiger partial charge in [-0.1, -0.05) is 5.16 Å². The lowest BCUT2D eigenvalue weighted by Crippen LogP contribution is -2.04. The van der Waals surface area contributed by atoms with Crippen LogP contribution in [0.1, 0.15) is 17.0 Å². The van der Waals surface area contributed by atoms with Crippen LogP contribution in [-0.2, 0) is 6.54 Å². The molecular formula is C13H14F2N2O2. The molecule has 0 aliphatic carbocycles. The zero-order chi connectivity index (χ0) is 14.0. The maximum Gasteiger partial charge on any atom is 0.167 e. The highest BCUT2D eigenvalue weighted by Crippen LogP contribution is 2.25. The van der Waals surface area contributed by atoms with E-state index in [9.17, 15) is 8.78 Å². The molecule has 0 amide bonds. The minimum atomic E-state index is -0.620. The van der Waals surface area contributed by atoms with Crippen LogP contribution in [0.25, 0.3) is 0 Å².